The van der Waals surface area contributed by atoms with E-state index in [0.717, 1.165) is 12.1 Å². The third-order valence-corrected chi connectivity index (χ3v) is 4.89. The normalized spacial score (nSPS) is 12.8. The average molecular weight is 345 g/mol. The Morgan fingerprint density at radius 2 is 2.00 bits per heavy atom. The van der Waals surface area contributed by atoms with E-state index in [0.29, 0.717) is 0 Å². The highest BCUT2D eigenvalue weighted by Gasteiger charge is 2.23. The van der Waals surface area contributed by atoms with Crippen LogP contribution in [0.3, 0.4) is 0 Å². The van der Waals surface area contributed by atoms with E-state index in [2.05, 4.69) is 4.72 Å². The van der Waals surface area contributed by atoms with Gasteiger partial charge < -0.3 is 9.84 Å². The topological polar surface area (TPSA) is 92.7 Å². The number of carbonyl (C=O) groups is 1. The Morgan fingerprint density at radius 1 is 1.32 bits per heavy atom. The molecule has 0 fully saturated rings. The van der Waals surface area contributed by atoms with Crippen molar-refractivity contribution >= 4 is 27.3 Å². The first kappa shape index (κ1) is 16.4. The van der Waals surface area contributed by atoms with Crippen LogP contribution < -0.4 is 9.46 Å². The summed E-state index contributed by atoms with van der Waals surface area (Å²) >= 11 is 1.21. The molecular formula is C13H12FNO5S2. The van der Waals surface area contributed by atoms with E-state index in [1.54, 1.807) is 5.38 Å². The summed E-state index contributed by atoms with van der Waals surface area (Å²) in [5.74, 6) is -1.70. The molecule has 0 saturated heterocycles. The fourth-order valence-electron chi connectivity index (χ4n) is 1.53. The number of rotatable bonds is 7. The molecule has 9 heteroatoms. The van der Waals surface area contributed by atoms with Crippen LogP contribution in [0.5, 0.6) is 5.75 Å². The lowest BCUT2D eigenvalue weighted by Crippen LogP contribution is -2.40. The van der Waals surface area contributed by atoms with E-state index >= 15 is 0 Å². The number of nitrogens with one attached hydrogen (secondary N) is 1. The largest absolute Gasteiger partial charge is 0.478 e. The molecule has 0 aliphatic rings. The lowest BCUT2D eigenvalue weighted by atomic mass is 10.3. The van der Waals surface area contributed by atoms with Gasteiger partial charge in [-0.15, -0.1) is 0 Å². The van der Waals surface area contributed by atoms with Gasteiger partial charge in [-0.2, -0.15) is 11.3 Å². The monoisotopic (exact) mass is 345 g/mol. The van der Waals surface area contributed by atoms with Gasteiger partial charge in [0.1, 0.15) is 11.6 Å². The van der Waals surface area contributed by atoms with Gasteiger partial charge in [-0.25, -0.2) is 22.3 Å². The van der Waals surface area contributed by atoms with E-state index in [1.165, 1.54) is 34.9 Å². The molecule has 6 nitrogen and oxygen atoms in total. The molecule has 0 radical (unpaired) electrons. The summed E-state index contributed by atoms with van der Waals surface area (Å²) in [4.78, 5) is 11.2. The second-order valence-electron chi connectivity index (χ2n) is 4.21. The third-order valence-electron chi connectivity index (χ3n) is 2.63. The molecule has 2 rings (SSSR count). The number of sulfonamides is 1. The fraction of sp³-hybridized carbons (Fsp3) is 0.154. The number of ether oxygens (including phenoxy) is 1. The highest BCUT2D eigenvalue weighted by molar-refractivity contribution is 7.89. The quantitative estimate of drug-likeness (QED) is 0.797. The van der Waals surface area contributed by atoms with Gasteiger partial charge in [0, 0.05) is 5.38 Å². The van der Waals surface area contributed by atoms with Crippen LogP contribution >= 0.6 is 11.3 Å². The van der Waals surface area contributed by atoms with Crippen LogP contribution in [0.4, 0.5) is 4.39 Å². The zero-order chi connectivity index (χ0) is 16.2. The summed E-state index contributed by atoms with van der Waals surface area (Å²) in [6, 6.07) is 6.16. The van der Waals surface area contributed by atoms with Gasteiger partial charge >= 0.3 is 5.97 Å². The van der Waals surface area contributed by atoms with Crippen molar-refractivity contribution in [2.45, 2.75) is 11.0 Å². The van der Waals surface area contributed by atoms with E-state index in [-0.39, 0.29) is 10.6 Å². The fourth-order valence-corrected chi connectivity index (χ4v) is 3.59. The summed E-state index contributed by atoms with van der Waals surface area (Å²) in [6.07, 6.45) is -1.43. The first-order valence-electron chi connectivity index (χ1n) is 6.05. The minimum atomic E-state index is -3.79. The molecular weight excluding hydrogens is 333 g/mol. The average Bonchev–Trinajstić information content (AvgIpc) is 3.00. The number of benzene rings is 1. The van der Waals surface area contributed by atoms with Crippen molar-refractivity contribution in [3.63, 3.8) is 0 Å². The van der Waals surface area contributed by atoms with Crippen LogP contribution in [0, 0.1) is 5.82 Å². The lowest BCUT2D eigenvalue weighted by molar-refractivity contribution is -0.144. The van der Waals surface area contributed by atoms with E-state index in [1.807, 2.05) is 0 Å². The van der Waals surface area contributed by atoms with Crippen molar-refractivity contribution in [2.24, 2.45) is 0 Å². The van der Waals surface area contributed by atoms with Gasteiger partial charge in [0.2, 0.25) is 16.1 Å². The van der Waals surface area contributed by atoms with E-state index in [9.17, 15) is 17.6 Å². The highest BCUT2D eigenvalue weighted by Crippen LogP contribution is 2.15. The first-order chi connectivity index (χ1) is 10.4. The van der Waals surface area contributed by atoms with Crippen molar-refractivity contribution in [3.05, 3.63) is 46.9 Å². The Kier molecular flexibility index (Phi) is 5.11. The van der Waals surface area contributed by atoms with Crippen LogP contribution in [-0.2, 0) is 14.8 Å². The number of thiophene rings is 1. The van der Waals surface area contributed by atoms with Crippen molar-refractivity contribution in [1.82, 2.24) is 4.72 Å². The smallest absolute Gasteiger partial charge is 0.346 e. The van der Waals surface area contributed by atoms with Crippen LogP contribution in [0.1, 0.15) is 0 Å². The maximum atomic E-state index is 12.8. The number of carboxylic acid groups (broad SMARTS) is 1. The summed E-state index contributed by atoms with van der Waals surface area (Å²) in [7, 11) is -3.79. The molecule has 1 atom stereocenters. The molecule has 0 amide bonds. The predicted molar refractivity (Wildman–Crippen MR) is 78.0 cm³/mol. The van der Waals surface area contributed by atoms with Crippen LogP contribution in [0.25, 0.3) is 0 Å². The SMILES string of the molecule is O=C(O)C(CNS(=O)(=O)c1ccsc1)Oc1ccc(F)cc1. The molecule has 2 N–H and O–H groups in total. The lowest BCUT2D eigenvalue weighted by Gasteiger charge is -2.15. The van der Waals surface area contributed by atoms with Gasteiger partial charge in [-0.1, -0.05) is 0 Å². The van der Waals surface area contributed by atoms with Crippen molar-refractivity contribution in [3.8, 4) is 5.75 Å². The Bertz CT molecular complexity index is 728. The summed E-state index contributed by atoms with van der Waals surface area (Å²) < 4.78 is 43.9. The number of aliphatic carboxylic acids is 1. The summed E-state index contributed by atoms with van der Waals surface area (Å²) in [6.45, 7) is -0.453. The minimum Gasteiger partial charge on any atom is -0.478 e. The number of halogens is 1. The summed E-state index contributed by atoms with van der Waals surface area (Å²) in [5.41, 5.74) is 0. The first-order valence-corrected chi connectivity index (χ1v) is 8.48. The second kappa shape index (κ2) is 6.86. The summed E-state index contributed by atoms with van der Waals surface area (Å²) in [5, 5.41) is 12.1. The second-order valence-corrected chi connectivity index (χ2v) is 6.76. The van der Waals surface area contributed by atoms with Crippen molar-refractivity contribution in [1.29, 1.82) is 0 Å². The van der Waals surface area contributed by atoms with Gasteiger partial charge in [-0.3, -0.25) is 0 Å². The standard InChI is InChI=1S/C13H12FNO5S2/c14-9-1-3-10(4-2-9)20-12(13(16)17)7-15-22(18,19)11-5-6-21-8-11/h1-6,8,12,15H,7H2,(H,16,17). The van der Waals surface area contributed by atoms with E-state index in [4.69, 9.17) is 9.84 Å². The molecule has 1 aromatic carbocycles. The van der Waals surface area contributed by atoms with Gasteiger partial charge in [0.05, 0.1) is 11.4 Å². The Labute approximate surface area is 130 Å². The molecule has 0 aliphatic heterocycles. The molecule has 1 heterocycles. The van der Waals surface area contributed by atoms with Crippen LogP contribution in [0.2, 0.25) is 0 Å². The Hall–Kier alpha value is -1.97. The molecule has 22 heavy (non-hydrogen) atoms. The Balaban J connectivity index is 2.03. The molecule has 0 saturated carbocycles. The molecule has 118 valence electrons. The number of carboxylic acids is 1. The van der Waals surface area contributed by atoms with E-state index < -0.39 is 34.5 Å². The minimum absolute atomic E-state index is 0.0587. The van der Waals surface area contributed by atoms with Gasteiger partial charge in [0.15, 0.2) is 0 Å². The molecule has 2 aromatic rings. The van der Waals surface area contributed by atoms with Crippen molar-refractivity contribution < 1.29 is 27.4 Å². The zero-order valence-electron chi connectivity index (χ0n) is 11.1. The zero-order valence-corrected chi connectivity index (χ0v) is 12.7. The van der Waals surface area contributed by atoms with Crippen molar-refractivity contribution in [2.75, 3.05) is 6.54 Å². The van der Waals surface area contributed by atoms with Gasteiger partial charge in [-0.05, 0) is 35.7 Å². The predicted octanol–water partition coefficient (Wildman–Crippen LogP) is 1.70. The Morgan fingerprint density at radius 3 is 2.55 bits per heavy atom. The molecule has 0 bridgehead atoms. The maximum Gasteiger partial charge on any atom is 0.346 e. The molecule has 1 aromatic heterocycles. The molecule has 0 spiro atoms. The van der Waals surface area contributed by atoms with Gasteiger partial charge in [0.25, 0.3) is 0 Å². The molecule has 1 unspecified atom stereocenters. The van der Waals surface area contributed by atoms with Crippen LogP contribution in [-0.4, -0.2) is 32.1 Å². The molecule has 0 aliphatic carbocycles. The maximum absolute atomic E-state index is 12.8. The highest BCUT2D eigenvalue weighted by atomic mass is 32.2. The number of hydrogen-bond acceptors (Lipinski definition) is 5. The third kappa shape index (κ3) is 4.26. The van der Waals surface area contributed by atoms with Crippen LogP contribution in [0.15, 0.2) is 46.0 Å². The number of hydrogen-bond donors (Lipinski definition) is 2.